The van der Waals surface area contributed by atoms with Gasteiger partial charge in [-0.2, -0.15) is 0 Å². The monoisotopic (exact) mass is 441 g/mol. The predicted molar refractivity (Wildman–Crippen MR) is 109 cm³/mol. The molecule has 0 radical (unpaired) electrons. The van der Waals surface area contributed by atoms with Crippen LogP contribution in [0.2, 0.25) is 0 Å². The van der Waals surface area contributed by atoms with Crippen LogP contribution in [0.15, 0.2) is 59.1 Å². The summed E-state index contributed by atoms with van der Waals surface area (Å²) in [6, 6.07) is 18.3. The first-order chi connectivity index (χ1) is 13.4. The van der Waals surface area contributed by atoms with Gasteiger partial charge in [0.25, 0.3) is 0 Å². The molecule has 3 aliphatic rings. The van der Waals surface area contributed by atoms with Crippen LogP contribution in [0, 0.1) is 17.8 Å². The van der Waals surface area contributed by atoms with Crippen molar-refractivity contribution in [3.05, 3.63) is 70.2 Å². The Morgan fingerprint density at radius 3 is 2.50 bits per heavy atom. The molecule has 2 aromatic rings. The van der Waals surface area contributed by atoms with Gasteiger partial charge >= 0.3 is 0 Å². The van der Waals surface area contributed by atoms with Crippen LogP contribution in [0.5, 0.6) is 0 Å². The normalized spacial score (nSPS) is 38.4. The van der Waals surface area contributed by atoms with Gasteiger partial charge in [-0.25, -0.2) is 0 Å². The van der Waals surface area contributed by atoms with Crippen LogP contribution in [0.4, 0.5) is 0 Å². The SMILES string of the molecule is CO[C@@]12[C@H]3[C@H](C)[C@@H](c4ccccc4)C[C@]1(O)N(Cc1ccc(Br)cc1)C(=O)[C@H]32. The first kappa shape index (κ1) is 18.3. The number of nitrogens with zero attached hydrogens (tertiary/aromatic N) is 1. The molecule has 0 unspecified atom stereocenters. The summed E-state index contributed by atoms with van der Waals surface area (Å²) >= 11 is 3.45. The highest BCUT2D eigenvalue weighted by molar-refractivity contribution is 9.10. The fourth-order valence-electron chi connectivity index (χ4n) is 6.04. The minimum Gasteiger partial charge on any atom is -0.372 e. The molecule has 6 atom stereocenters. The summed E-state index contributed by atoms with van der Waals surface area (Å²) in [6.07, 6.45) is 0.501. The average molecular weight is 442 g/mol. The van der Waals surface area contributed by atoms with Gasteiger partial charge in [0.05, 0.1) is 5.92 Å². The van der Waals surface area contributed by atoms with Gasteiger partial charge in [-0.05, 0) is 35.1 Å². The van der Waals surface area contributed by atoms with E-state index in [2.05, 4.69) is 35.0 Å². The van der Waals surface area contributed by atoms with E-state index in [4.69, 9.17) is 4.74 Å². The van der Waals surface area contributed by atoms with Crippen molar-refractivity contribution < 1.29 is 14.6 Å². The molecule has 1 heterocycles. The van der Waals surface area contributed by atoms with Gasteiger partial charge in [0, 0.05) is 30.5 Å². The van der Waals surface area contributed by atoms with Gasteiger partial charge in [0.1, 0.15) is 5.60 Å². The number of rotatable bonds is 4. The number of hydrogen-bond donors (Lipinski definition) is 1. The minimum atomic E-state index is -1.28. The number of carbonyl (C=O) groups excluding carboxylic acids is 1. The third kappa shape index (κ3) is 2.21. The van der Waals surface area contributed by atoms with E-state index in [1.807, 2.05) is 42.5 Å². The number of carbonyl (C=O) groups is 1. The molecule has 3 fully saturated rings. The van der Waals surface area contributed by atoms with E-state index in [0.29, 0.717) is 13.0 Å². The minimum absolute atomic E-state index is 0.0237. The van der Waals surface area contributed by atoms with Crippen LogP contribution in [-0.4, -0.2) is 34.3 Å². The Morgan fingerprint density at radius 1 is 1.18 bits per heavy atom. The van der Waals surface area contributed by atoms with Crippen LogP contribution in [0.1, 0.15) is 30.4 Å². The molecule has 0 bridgehead atoms. The second-order valence-electron chi connectivity index (χ2n) is 8.45. The van der Waals surface area contributed by atoms with E-state index in [1.54, 1.807) is 12.0 Å². The van der Waals surface area contributed by atoms with E-state index in [1.165, 1.54) is 5.56 Å². The fourth-order valence-corrected chi connectivity index (χ4v) is 6.30. The molecule has 146 valence electrons. The van der Waals surface area contributed by atoms with Gasteiger partial charge in [-0.15, -0.1) is 0 Å². The number of fused-ring (bicyclic) bond motifs is 1. The van der Waals surface area contributed by atoms with Crippen molar-refractivity contribution in [2.45, 2.75) is 37.1 Å². The van der Waals surface area contributed by atoms with Crippen molar-refractivity contribution in [2.24, 2.45) is 17.8 Å². The molecule has 1 saturated heterocycles. The zero-order valence-corrected chi connectivity index (χ0v) is 17.6. The maximum absolute atomic E-state index is 13.3. The largest absolute Gasteiger partial charge is 0.372 e. The van der Waals surface area contributed by atoms with Crippen molar-refractivity contribution >= 4 is 21.8 Å². The Balaban J connectivity index is 1.53. The van der Waals surface area contributed by atoms with E-state index >= 15 is 0 Å². The topological polar surface area (TPSA) is 49.8 Å². The third-order valence-electron chi connectivity index (χ3n) is 7.34. The van der Waals surface area contributed by atoms with Crippen molar-refractivity contribution in [3.8, 4) is 0 Å². The van der Waals surface area contributed by atoms with Crippen LogP contribution in [0.25, 0.3) is 0 Å². The molecule has 0 spiro atoms. The molecule has 2 aliphatic carbocycles. The molecule has 28 heavy (non-hydrogen) atoms. The van der Waals surface area contributed by atoms with Crippen LogP contribution < -0.4 is 0 Å². The molecule has 1 amide bonds. The molecular weight excluding hydrogens is 418 g/mol. The van der Waals surface area contributed by atoms with E-state index in [9.17, 15) is 9.90 Å². The number of methoxy groups -OCH3 is 1. The Morgan fingerprint density at radius 2 is 1.86 bits per heavy atom. The third-order valence-corrected chi connectivity index (χ3v) is 7.87. The zero-order chi connectivity index (χ0) is 19.7. The maximum Gasteiger partial charge on any atom is 0.231 e. The molecule has 4 nitrogen and oxygen atoms in total. The van der Waals surface area contributed by atoms with Gasteiger partial charge in [-0.1, -0.05) is 65.3 Å². The van der Waals surface area contributed by atoms with Crippen molar-refractivity contribution in [3.63, 3.8) is 0 Å². The molecule has 0 aromatic heterocycles. The predicted octanol–water partition coefficient (Wildman–Crippen LogP) is 3.93. The summed E-state index contributed by atoms with van der Waals surface area (Å²) in [5.41, 5.74) is 0.170. The first-order valence-electron chi connectivity index (χ1n) is 9.82. The van der Waals surface area contributed by atoms with Gasteiger partial charge in [-0.3, -0.25) is 4.79 Å². The average Bonchev–Trinajstić information content (AvgIpc) is 3.38. The van der Waals surface area contributed by atoms with E-state index in [0.717, 1.165) is 10.0 Å². The van der Waals surface area contributed by atoms with E-state index < -0.39 is 11.3 Å². The van der Waals surface area contributed by atoms with Gasteiger partial charge < -0.3 is 14.7 Å². The molecular formula is C23H24BrNO3. The van der Waals surface area contributed by atoms with Crippen molar-refractivity contribution in [2.75, 3.05) is 7.11 Å². The Kier molecular flexibility index (Phi) is 4.03. The van der Waals surface area contributed by atoms with Crippen LogP contribution in [-0.2, 0) is 16.1 Å². The number of hydrogen-bond acceptors (Lipinski definition) is 3. The first-order valence-corrected chi connectivity index (χ1v) is 10.6. The summed E-state index contributed by atoms with van der Waals surface area (Å²) < 4.78 is 6.93. The summed E-state index contributed by atoms with van der Waals surface area (Å²) in [6.45, 7) is 2.60. The number of amides is 1. The second-order valence-corrected chi connectivity index (χ2v) is 9.36. The highest BCUT2D eigenvalue weighted by Gasteiger charge is 2.88. The van der Waals surface area contributed by atoms with Crippen molar-refractivity contribution in [1.82, 2.24) is 4.90 Å². The molecule has 2 saturated carbocycles. The number of aliphatic hydroxyl groups is 1. The van der Waals surface area contributed by atoms with E-state index in [-0.39, 0.29) is 29.6 Å². The smallest absolute Gasteiger partial charge is 0.231 e. The lowest BCUT2D eigenvalue weighted by Crippen LogP contribution is -2.61. The number of benzene rings is 2. The summed E-state index contributed by atoms with van der Waals surface area (Å²) in [7, 11) is 1.64. The standard InChI is InChI=1S/C23H24BrNO3/c1-14-18(16-6-4-3-5-7-16)12-22(27)23(28-2)19(14)20(23)21(26)25(22)13-15-8-10-17(24)11-9-15/h3-11,14,18-20,27H,12-13H2,1-2H3/t14-,18+,19+,20+,22-,23-/m1/s1. The molecule has 1 N–H and O–H groups in total. The maximum atomic E-state index is 13.3. The zero-order valence-electron chi connectivity index (χ0n) is 16.0. The van der Waals surface area contributed by atoms with Crippen molar-refractivity contribution in [1.29, 1.82) is 0 Å². The number of ether oxygens (including phenoxy) is 1. The lowest BCUT2D eigenvalue weighted by atomic mass is 9.70. The summed E-state index contributed by atoms with van der Waals surface area (Å²) in [5.74, 6) is 0.323. The molecule has 5 heteroatoms. The number of piperidine rings is 1. The Bertz CT molecular complexity index is 917. The fraction of sp³-hybridized carbons (Fsp3) is 0.435. The highest BCUT2D eigenvalue weighted by atomic mass is 79.9. The molecule has 1 aliphatic heterocycles. The number of likely N-dealkylation sites (tertiary alicyclic amines) is 1. The summed E-state index contributed by atoms with van der Waals surface area (Å²) in [5, 5.41) is 11.9. The lowest BCUT2D eigenvalue weighted by Gasteiger charge is -2.49. The quantitative estimate of drug-likeness (QED) is 0.781. The van der Waals surface area contributed by atoms with Crippen LogP contribution in [0.3, 0.4) is 0 Å². The lowest BCUT2D eigenvalue weighted by molar-refractivity contribution is -0.216. The van der Waals surface area contributed by atoms with Gasteiger partial charge in [0.15, 0.2) is 5.72 Å². The Hall–Kier alpha value is -1.69. The highest BCUT2D eigenvalue weighted by Crippen LogP contribution is 2.74. The Labute approximate surface area is 173 Å². The second kappa shape index (κ2) is 6.15. The van der Waals surface area contributed by atoms with Crippen LogP contribution >= 0.6 is 15.9 Å². The molecule has 2 aromatic carbocycles. The number of halogens is 1. The molecule has 5 rings (SSSR count). The summed E-state index contributed by atoms with van der Waals surface area (Å²) in [4.78, 5) is 14.9. The van der Waals surface area contributed by atoms with Gasteiger partial charge in [0.2, 0.25) is 5.91 Å².